The van der Waals surface area contributed by atoms with Crippen molar-refractivity contribution in [3.8, 4) is 5.75 Å². The number of amides is 1. The zero-order valence-electron chi connectivity index (χ0n) is 9.86. The van der Waals surface area contributed by atoms with Crippen molar-refractivity contribution in [2.45, 2.75) is 38.5 Å². The van der Waals surface area contributed by atoms with Crippen LogP contribution in [-0.2, 0) is 10.2 Å². The Kier molecular flexibility index (Phi) is 3.93. The number of phenolic OH excluding ortho intramolecular Hbond substituents is 1. The molecule has 1 atom stereocenters. The number of hydrogen-bond donors (Lipinski definition) is 2. The normalized spacial score (nSPS) is 14.4. The lowest BCUT2D eigenvalue weighted by atomic mass is 9.74. The van der Waals surface area contributed by atoms with E-state index in [2.05, 4.69) is 0 Å². The average Bonchev–Trinajstić information content (AvgIpc) is 2.27. The first kappa shape index (κ1) is 12.6. The summed E-state index contributed by atoms with van der Waals surface area (Å²) in [5.41, 5.74) is 5.83. The van der Waals surface area contributed by atoms with Gasteiger partial charge in [-0.3, -0.25) is 4.79 Å². The molecular formula is C13H19NO2. The third-order valence-electron chi connectivity index (χ3n) is 3.17. The summed E-state index contributed by atoms with van der Waals surface area (Å²) in [5.74, 6) is -0.0859. The van der Waals surface area contributed by atoms with Crippen molar-refractivity contribution in [3.05, 3.63) is 29.8 Å². The number of nitrogens with two attached hydrogens (primary N) is 1. The van der Waals surface area contributed by atoms with E-state index in [1.807, 2.05) is 13.8 Å². The van der Waals surface area contributed by atoms with Gasteiger partial charge in [0.15, 0.2) is 0 Å². The minimum absolute atomic E-state index is 0.203. The number of benzene rings is 1. The molecule has 0 aliphatic heterocycles. The van der Waals surface area contributed by atoms with Crippen LogP contribution in [0.5, 0.6) is 5.75 Å². The molecule has 0 aliphatic rings. The molecule has 0 spiro atoms. The second-order valence-electron chi connectivity index (χ2n) is 4.10. The number of carbonyl (C=O) groups excluding carboxylic acids is 1. The standard InChI is InChI=1S/C13H19NO2/c1-3-9-13(4-2,12(14)16)10-5-7-11(15)8-6-10/h5-8,15H,3-4,9H2,1-2H3,(H2,14,16). The third kappa shape index (κ3) is 2.18. The van der Waals surface area contributed by atoms with E-state index in [1.54, 1.807) is 24.3 Å². The van der Waals surface area contributed by atoms with Crippen LogP contribution in [0.1, 0.15) is 38.7 Å². The summed E-state index contributed by atoms with van der Waals surface area (Å²) >= 11 is 0. The maximum Gasteiger partial charge on any atom is 0.228 e. The van der Waals surface area contributed by atoms with E-state index in [-0.39, 0.29) is 11.7 Å². The van der Waals surface area contributed by atoms with E-state index in [0.29, 0.717) is 6.42 Å². The summed E-state index contributed by atoms with van der Waals surface area (Å²) < 4.78 is 0. The molecule has 1 amide bonds. The fourth-order valence-electron chi connectivity index (χ4n) is 2.17. The van der Waals surface area contributed by atoms with Gasteiger partial charge >= 0.3 is 0 Å². The number of phenols is 1. The lowest BCUT2D eigenvalue weighted by molar-refractivity contribution is -0.124. The highest BCUT2D eigenvalue weighted by Crippen LogP contribution is 2.33. The number of primary amides is 1. The Balaban J connectivity index is 3.18. The molecule has 1 aromatic rings. The topological polar surface area (TPSA) is 63.3 Å². The van der Waals surface area contributed by atoms with Crippen LogP contribution in [0.15, 0.2) is 24.3 Å². The minimum atomic E-state index is -0.595. The van der Waals surface area contributed by atoms with Gasteiger partial charge in [0, 0.05) is 0 Å². The highest BCUT2D eigenvalue weighted by Gasteiger charge is 2.35. The predicted molar refractivity (Wildman–Crippen MR) is 64.2 cm³/mol. The minimum Gasteiger partial charge on any atom is -0.508 e. The molecule has 3 N–H and O–H groups in total. The Labute approximate surface area is 96.3 Å². The van der Waals surface area contributed by atoms with E-state index >= 15 is 0 Å². The second kappa shape index (κ2) is 5.01. The number of aromatic hydroxyl groups is 1. The van der Waals surface area contributed by atoms with Gasteiger partial charge in [0.25, 0.3) is 0 Å². The Bertz CT molecular complexity index is 359. The van der Waals surface area contributed by atoms with E-state index in [9.17, 15) is 9.90 Å². The van der Waals surface area contributed by atoms with Gasteiger partial charge in [-0.1, -0.05) is 32.4 Å². The highest BCUT2D eigenvalue weighted by atomic mass is 16.3. The number of carbonyl (C=O) groups is 1. The molecule has 16 heavy (non-hydrogen) atoms. The molecule has 1 unspecified atom stereocenters. The van der Waals surface area contributed by atoms with Gasteiger partial charge in [-0.2, -0.15) is 0 Å². The maximum absolute atomic E-state index is 11.7. The molecular weight excluding hydrogens is 202 g/mol. The van der Waals surface area contributed by atoms with Crippen molar-refractivity contribution in [2.24, 2.45) is 5.73 Å². The molecule has 0 aliphatic carbocycles. The smallest absolute Gasteiger partial charge is 0.228 e. The van der Waals surface area contributed by atoms with Crippen molar-refractivity contribution in [1.82, 2.24) is 0 Å². The van der Waals surface area contributed by atoms with Crippen LogP contribution in [0.3, 0.4) is 0 Å². The van der Waals surface area contributed by atoms with E-state index < -0.39 is 5.41 Å². The SMILES string of the molecule is CCCC(CC)(C(N)=O)c1ccc(O)cc1. The predicted octanol–water partition coefficient (Wildman–Crippen LogP) is 2.33. The van der Waals surface area contributed by atoms with Crippen LogP contribution >= 0.6 is 0 Å². The maximum atomic E-state index is 11.7. The van der Waals surface area contributed by atoms with Crippen LogP contribution in [0.25, 0.3) is 0 Å². The van der Waals surface area contributed by atoms with Gasteiger partial charge in [-0.05, 0) is 30.5 Å². The Hall–Kier alpha value is -1.51. The quantitative estimate of drug-likeness (QED) is 0.801. The third-order valence-corrected chi connectivity index (χ3v) is 3.17. The molecule has 0 aromatic heterocycles. The first-order valence-corrected chi connectivity index (χ1v) is 5.66. The fraction of sp³-hybridized carbons (Fsp3) is 0.462. The van der Waals surface area contributed by atoms with Gasteiger partial charge in [-0.15, -0.1) is 0 Å². The molecule has 0 saturated carbocycles. The molecule has 3 nitrogen and oxygen atoms in total. The van der Waals surface area contributed by atoms with Gasteiger partial charge in [0.1, 0.15) is 5.75 Å². The van der Waals surface area contributed by atoms with E-state index in [0.717, 1.165) is 18.4 Å². The second-order valence-corrected chi connectivity index (χ2v) is 4.10. The molecule has 3 heteroatoms. The van der Waals surface area contributed by atoms with Crippen LogP contribution < -0.4 is 5.73 Å². The Morgan fingerprint density at radius 2 is 1.88 bits per heavy atom. The van der Waals surface area contributed by atoms with Crippen molar-refractivity contribution in [3.63, 3.8) is 0 Å². The molecule has 0 saturated heterocycles. The summed E-state index contributed by atoms with van der Waals surface area (Å²) in [7, 11) is 0. The molecule has 0 fully saturated rings. The fourth-order valence-corrected chi connectivity index (χ4v) is 2.17. The van der Waals surface area contributed by atoms with Crippen LogP contribution in [-0.4, -0.2) is 11.0 Å². The van der Waals surface area contributed by atoms with Crippen molar-refractivity contribution in [2.75, 3.05) is 0 Å². The van der Waals surface area contributed by atoms with Gasteiger partial charge in [0.05, 0.1) is 5.41 Å². The zero-order chi connectivity index (χ0) is 12.2. The van der Waals surface area contributed by atoms with Crippen molar-refractivity contribution in [1.29, 1.82) is 0 Å². The largest absolute Gasteiger partial charge is 0.508 e. The summed E-state index contributed by atoms with van der Waals surface area (Å²) in [6.45, 7) is 4.00. The first-order valence-electron chi connectivity index (χ1n) is 5.66. The molecule has 0 radical (unpaired) electrons. The molecule has 1 aromatic carbocycles. The Morgan fingerprint density at radius 3 is 2.25 bits per heavy atom. The number of rotatable bonds is 5. The monoisotopic (exact) mass is 221 g/mol. The van der Waals surface area contributed by atoms with Gasteiger partial charge in [0.2, 0.25) is 5.91 Å². The van der Waals surface area contributed by atoms with Gasteiger partial charge < -0.3 is 10.8 Å². The van der Waals surface area contributed by atoms with Crippen molar-refractivity contribution < 1.29 is 9.90 Å². The van der Waals surface area contributed by atoms with Crippen LogP contribution in [0.4, 0.5) is 0 Å². The molecule has 0 bridgehead atoms. The van der Waals surface area contributed by atoms with E-state index in [4.69, 9.17) is 5.73 Å². The van der Waals surface area contributed by atoms with Crippen molar-refractivity contribution >= 4 is 5.91 Å². The zero-order valence-corrected chi connectivity index (χ0v) is 9.86. The molecule has 1 rings (SSSR count). The van der Waals surface area contributed by atoms with Crippen LogP contribution in [0.2, 0.25) is 0 Å². The summed E-state index contributed by atoms with van der Waals surface area (Å²) in [4.78, 5) is 11.7. The molecule has 0 heterocycles. The molecule has 88 valence electrons. The number of hydrogen-bond acceptors (Lipinski definition) is 2. The Morgan fingerprint density at radius 1 is 1.31 bits per heavy atom. The van der Waals surface area contributed by atoms with Gasteiger partial charge in [-0.25, -0.2) is 0 Å². The summed E-state index contributed by atoms with van der Waals surface area (Å²) in [6, 6.07) is 6.75. The summed E-state index contributed by atoms with van der Waals surface area (Å²) in [6.07, 6.45) is 2.32. The first-order chi connectivity index (χ1) is 7.56. The highest BCUT2D eigenvalue weighted by molar-refractivity contribution is 5.86. The lowest BCUT2D eigenvalue weighted by Gasteiger charge is -2.29. The lowest BCUT2D eigenvalue weighted by Crippen LogP contribution is -2.40. The summed E-state index contributed by atoms with van der Waals surface area (Å²) in [5, 5.41) is 9.25. The van der Waals surface area contributed by atoms with Crippen LogP contribution in [0, 0.1) is 0 Å². The van der Waals surface area contributed by atoms with E-state index in [1.165, 1.54) is 0 Å². The average molecular weight is 221 g/mol.